The van der Waals surface area contributed by atoms with E-state index in [1.54, 1.807) is 36.1 Å². The maximum atomic E-state index is 13.8. The number of hydrogen-bond donors (Lipinski definition) is 0. The molecule has 0 saturated heterocycles. The van der Waals surface area contributed by atoms with Gasteiger partial charge in [-0.1, -0.05) is 30.0 Å². The van der Waals surface area contributed by atoms with E-state index in [0.717, 1.165) is 16.8 Å². The van der Waals surface area contributed by atoms with E-state index in [4.69, 9.17) is 14.1 Å². The molecule has 0 aliphatic heterocycles. The minimum atomic E-state index is -0.157. The second-order valence-electron chi connectivity index (χ2n) is 7.55. The maximum absolute atomic E-state index is 13.8. The van der Waals surface area contributed by atoms with Crippen molar-refractivity contribution in [1.29, 1.82) is 0 Å². The number of carbonyl (C=O) groups is 1. The van der Waals surface area contributed by atoms with Gasteiger partial charge >= 0.3 is 0 Å². The van der Waals surface area contributed by atoms with E-state index < -0.39 is 0 Å². The van der Waals surface area contributed by atoms with Crippen molar-refractivity contribution in [3.63, 3.8) is 0 Å². The van der Waals surface area contributed by atoms with Gasteiger partial charge in [0.2, 0.25) is 0 Å². The summed E-state index contributed by atoms with van der Waals surface area (Å²) in [5, 5.41) is 3.00. The fraction of sp³-hybridized carbons (Fsp3) is 0.115. The second kappa shape index (κ2) is 9.32. The number of rotatable bonds is 7. The van der Waals surface area contributed by atoms with E-state index in [1.807, 2.05) is 47.8 Å². The molecule has 0 unspecified atom stereocenters. The molecule has 0 bridgehead atoms. The van der Waals surface area contributed by atoms with Crippen LogP contribution in [0.1, 0.15) is 22.8 Å². The molecule has 0 radical (unpaired) electrons. The number of nitrogens with zero attached hydrogens (tertiary/aromatic N) is 2. The summed E-state index contributed by atoms with van der Waals surface area (Å²) in [5.41, 5.74) is 2.78. The van der Waals surface area contributed by atoms with Crippen LogP contribution in [0.15, 0.2) is 86.7 Å². The standard InChI is InChI=1S/C26H20N2O4S2/c1-16(29)17-10-11-21(31-2)18(13-17)14-34-26-27-24-23(20(15-33-24)22-9-6-12-32-22)25(30)28(26)19-7-4-3-5-8-19/h3-13,15H,14H2,1-2H3. The highest BCUT2D eigenvalue weighted by Gasteiger charge is 2.20. The summed E-state index contributed by atoms with van der Waals surface area (Å²) in [5.74, 6) is 1.78. The first-order chi connectivity index (χ1) is 16.6. The van der Waals surface area contributed by atoms with Gasteiger partial charge in [-0.05, 0) is 49.4 Å². The Hall–Kier alpha value is -3.62. The summed E-state index contributed by atoms with van der Waals surface area (Å²) in [7, 11) is 1.60. The van der Waals surface area contributed by atoms with Crippen molar-refractivity contribution in [1.82, 2.24) is 9.55 Å². The smallest absolute Gasteiger partial charge is 0.268 e. The van der Waals surface area contributed by atoms with E-state index >= 15 is 0 Å². The van der Waals surface area contributed by atoms with Crippen molar-refractivity contribution in [2.45, 2.75) is 17.8 Å². The van der Waals surface area contributed by atoms with Crippen LogP contribution < -0.4 is 10.3 Å². The number of furan rings is 1. The van der Waals surface area contributed by atoms with Crippen molar-refractivity contribution < 1.29 is 13.9 Å². The highest BCUT2D eigenvalue weighted by molar-refractivity contribution is 7.98. The largest absolute Gasteiger partial charge is 0.496 e. The number of thiophene rings is 1. The van der Waals surface area contributed by atoms with Gasteiger partial charge in [0.1, 0.15) is 16.3 Å². The van der Waals surface area contributed by atoms with Crippen LogP contribution in [0.2, 0.25) is 0 Å². The molecule has 3 aromatic heterocycles. The molecule has 3 heterocycles. The molecule has 0 atom stereocenters. The van der Waals surface area contributed by atoms with Crippen LogP contribution in [0.3, 0.4) is 0 Å². The van der Waals surface area contributed by atoms with Crippen LogP contribution in [-0.4, -0.2) is 22.4 Å². The van der Waals surface area contributed by atoms with Crippen molar-refractivity contribution >= 4 is 39.1 Å². The Bertz CT molecular complexity index is 1540. The summed E-state index contributed by atoms with van der Waals surface area (Å²) in [6, 6.07) is 18.5. The summed E-state index contributed by atoms with van der Waals surface area (Å²) >= 11 is 2.84. The van der Waals surface area contributed by atoms with E-state index in [9.17, 15) is 9.59 Å². The zero-order chi connectivity index (χ0) is 23.7. The quantitative estimate of drug-likeness (QED) is 0.154. The third-order valence-electron chi connectivity index (χ3n) is 5.42. The number of thioether (sulfide) groups is 1. The molecular weight excluding hydrogens is 468 g/mol. The molecule has 5 aromatic rings. The lowest BCUT2D eigenvalue weighted by Crippen LogP contribution is -2.21. The van der Waals surface area contributed by atoms with Gasteiger partial charge in [-0.25, -0.2) is 4.98 Å². The molecule has 0 N–H and O–H groups in total. The monoisotopic (exact) mass is 488 g/mol. The molecule has 0 aliphatic rings. The predicted molar refractivity (Wildman–Crippen MR) is 135 cm³/mol. The number of Topliss-reactive ketones (excluding diaryl/α,β-unsaturated/α-hetero) is 1. The number of hydrogen-bond acceptors (Lipinski definition) is 7. The van der Waals surface area contributed by atoms with Gasteiger partial charge in [0.25, 0.3) is 5.56 Å². The number of fused-ring (bicyclic) bond motifs is 1. The topological polar surface area (TPSA) is 74.3 Å². The zero-order valence-electron chi connectivity index (χ0n) is 18.5. The average Bonchev–Trinajstić information content (AvgIpc) is 3.53. The lowest BCUT2D eigenvalue weighted by atomic mass is 10.1. The molecule has 0 aliphatic carbocycles. The molecule has 170 valence electrons. The fourth-order valence-corrected chi connectivity index (χ4v) is 5.70. The van der Waals surface area contributed by atoms with Crippen molar-refractivity contribution in [2.24, 2.45) is 0 Å². The molecule has 8 heteroatoms. The van der Waals surface area contributed by atoms with Crippen LogP contribution >= 0.6 is 23.1 Å². The maximum Gasteiger partial charge on any atom is 0.268 e. The molecular formula is C26H20N2O4S2. The van der Waals surface area contributed by atoms with Crippen molar-refractivity contribution in [3.8, 4) is 22.8 Å². The van der Waals surface area contributed by atoms with E-state index in [-0.39, 0.29) is 11.3 Å². The molecule has 34 heavy (non-hydrogen) atoms. The van der Waals surface area contributed by atoms with E-state index in [0.29, 0.717) is 38.2 Å². The van der Waals surface area contributed by atoms with Gasteiger partial charge in [-0.2, -0.15) is 0 Å². The number of ketones is 1. The second-order valence-corrected chi connectivity index (χ2v) is 9.35. The average molecular weight is 489 g/mol. The number of aromatic nitrogens is 2. The number of para-hydroxylation sites is 1. The van der Waals surface area contributed by atoms with Gasteiger partial charge in [0, 0.05) is 27.8 Å². The van der Waals surface area contributed by atoms with E-state index in [2.05, 4.69) is 0 Å². The van der Waals surface area contributed by atoms with Gasteiger partial charge in [0.15, 0.2) is 10.9 Å². The highest BCUT2D eigenvalue weighted by Crippen LogP contribution is 2.34. The third-order valence-corrected chi connectivity index (χ3v) is 7.28. The highest BCUT2D eigenvalue weighted by atomic mass is 32.2. The molecule has 5 rings (SSSR count). The number of ether oxygens (including phenoxy) is 1. The fourth-order valence-electron chi connectivity index (χ4n) is 3.74. The third kappa shape index (κ3) is 4.06. The SMILES string of the molecule is COc1ccc(C(C)=O)cc1CSc1nc2scc(-c3ccco3)c2c(=O)n1-c1ccccc1. The van der Waals surface area contributed by atoms with Crippen LogP contribution in [0.5, 0.6) is 5.75 Å². The lowest BCUT2D eigenvalue weighted by Gasteiger charge is -2.14. The van der Waals surface area contributed by atoms with Crippen LogP contribution in [0.25, 0.3) is 27.2 Å². The Labute approximate surface area is 203 Å². The molecule has 0 saturated carbocycles. The van der Waals surface area contributed by atoms with Gasteiger partial charge < -0.3 is 9.15 Å². The number of carbonyl (C=O) groups excluding carboxylic acids is 1. The van der Waals surface area contributed by atoms with Crippen LogP contribution in [0, 0.1) is 0 Å². The minimum Gasteiger partial charge on any atom is -0.496 e. The molecule has 0 fully saturated rings. The van der Waals surface area contributed by atoms with E-state index in [1.165, 1.54) is 30.0 Å². The minimum absolute atomic E-state index is 0.0151. The van der Waals surface area contributed by atoms with Crippen molar-refractivity contribution in [2.75, 3.05) is 7.11 Å². The van der Waals surface area contributed by atoms with Crippen LogP contribution in [0.4, 0.5) is 0 Å². The normalized spacial score (nSPS) is 11.1. The Morgan fingerprint density at radius 2 is 1.97 bits per heavy atom. The Morgan fingerprint density at radius 1 is 1.15 bits per heavy atom. The summed E-state index contributed by atoms with van der Waals surface area (Å²) in [4.78, 5) is 31.2. The van der Waals surface area contributed by atoms with Gasteiger partial charge in [0.05, 0.1) is 24.4 Å². The summed E-state index contributed by atoms with van der Waals surface area (Å²) < 4.78 is 12.7. The first-order valence-corrected chi connectivity index (χ1v) is 12.4. The molecule has 0 spiro atoms. The summed E-state index contributed by atoms with van der Waals surface area (Å²) in [6.45, 7) is 1.54. The first-order valence-electron chi connectivity index (χ1n) is 10.5. The Balaban J connectivity index is 1.64. The van der Waals surface area contributed by atoms with Crippen molar-refractivity contribution in [3.05, 3.63) is 93.8 Å². The predicted octanol–water partition coefficient (Wildman–Crippen LogP) is 6.21. The molecule has 0 amide bonds. The van der Waals surface area contributed by atoms with Gasteiger partial charge in [-0.3, -0.25) is 14.2 Å². The lowest BCUT2D eigenvalue weighted by molar-refractivity contribution is 0.101. The zero-order valence-corrected chi connectivity index (χ0v) is 20.1. The van der Waals surface area contributed by atoms with Gasteiger partial charge in [-0.15, -0.1) is 11.3 Å². The Kier molecular flexibility index (Phi) is 6.08. The molecule has 2 aromatic carbocycles. The number of benzene rings is 2. The Morgan fingerprint density at radius 3 is 2.68 bits per heavy atom. The summed E-state index contributed by atoms with van der Waals surface area (Å²) in [6.07, 6.45) is 1.59. The first kappa shape index (κ1) is 22.2. The number of methoxy groups -OCH3 is 1. The molecule has 6 nitrogen and oxygen atoms in total. The van der Waals surface area contributed by atoms with Crippen LogP contribution in [-0.2, 0) is 5.75 Å².